The fraction of sp³-hybridized carbons (Fsp3) is 0.714. The number of aromatic nitrogens is 2. The Kier molecular flexibility index (Phi) is 6.33. The second-order valence-electron chi connectivity index (χ2n) is 9.95. The molecule has 1 aromatic rings. The zero-order chi connectivity index (χ0) is 22.1. The van der Waals surface area contributed by atoms with Crippen LogP contribution in [-0.4, -0.2) is 64.5 Å². The largest absolute Gasteiger partial charge is 0.481 e. The molecule has 9 nitrogen and oxygen atoms in total. The molecule has 166 valence electrons. The number of nitrogens with one attached hydrogen (secondary N) is 2. The van der Waals surface area contributed by atoms with Gasteiger partial charge in [0.05, 0.1) is 37.4 Å². The third-order valence-corrected chi connectivity index (χ3v) is 5.41. The van der Waals surface area contributed by atoms with Crippen molar-refractivity contribution in [2.45, 2.75) is 77.2 Å². The molecule has 2 aliphatic heterocycles. The topological polar surface area (TPSA) is 123 Å². The standard InChI is InChI=1S/C21H32N4O5/c1-20(2,3)14-6-7-22-19(25-14)24-13-11-30-17-12(10-29-18(13)17)23-15(26)8-21(4,5)9-16(27)28/h6-7,12-13,17-18H,8-11H2,1-5H3,(H,23,26)(H,27,28)(H,22,24,25). The quantitative estimate of drug-likeness (QED) is 0.609. The van der Waals surface area contributed by atoms with Crippen molar-refractivity contribution in [1.29, 1.82) is 0 Å². The van der Waals surface area contributed by atoms with Crippen molar-refractivity contribution in [3.05, 3.63) is 18.0 Å². The summed E-state index contributed by atoms with van der Waals surface area (Å²) in [6, 6.07) is 1.52. The van der Waals surface area contributed by atoms with E-state index in [-0.39, 0.29) is 48.5 Å². The lowest BCUT2D eigenvalue weighted by atomic mass is 9.85. The van der Waals surface area contributed by atoms with Gasteiger partial charge in [-0.25, -0.2) is 9.97 Å². The molecule has 4 atom stereocenters. The number of amides is 1. The molecule has 2 aliphatic rings. The minimum atomic E-state index is -0.914. The molecule has 2 fully saturated rings. The Hall–Kier alpha value is -2.26. The number of hydrogen-bond acceptors (Lipinski definition) is 7. The molecular weight excluding hydrogens is 388 g/mol. The third kappa shape index (κ3) is 5.46. The molecule has 0 bridgehead atoms. The summed E-state index contributed by atoms with van der Waals surface area (Å²) >= 11 is 0. The van der Waals surface area contributed by atoms with Crippen LogP contribution in [0.25, 0.3) is 0 Å². The fourth-order valence-corrected chi connectivity index (χ4v) is 3.92. The molecule has 1 amide bonds. The molecule has 0 radical (unpaired) electrons. The van der Waals surface area contributed by atoms with E-state index in [1.165, 1.54) is 0 Å². The average molecular weight is 421 g/mol. The van der Waals surface area contributed by atoms with Gasteiger partial charge in [0, 0.05) is 18.0 Å². The van der Waals surface area contributed by atoms with E-state index in [4.69, 9.17) is 14.6 Å². The van der Waals surface area contributed by atoms with Crippen molar-refractivity contribution in [3.8, 4) is 0 Å². The van der Waals surface area contributed by atoms with Gasteiger partial charge in [0.1, 0.15) is 12.2 Å². The van der Waals surface area contributed by atoms with Crippen LogP contribution < -0.4 is 10.6 Å². The number of carbonyl (C=O) groups excluding carboxylic acids is 1. The van der Waals surface area contributed by atoms with Gasteiger partial charge in [0.2, 0.25) is 11.9 Å². The van der Waals surface area contributed by atoms with Crippen LogP contribution in [0, 0.1) is 5.41 Å². The van der Waals surface area contributed by atoms with Gasteiger partial charge in [-0.3, -0.25) is 9.59 Å². The number of hydrogen-bond donors (Lipinski definition) is 3. The maximum Gasteiger partial charge on any atom is 0.303 e. The lowest BCUT2D eigenvalue weighted by molar-refractivity contribution is -0.139. The number of aliphatic carboxylic acids is 1. The summed E-state index contributed by atoms with van der Waals surface area (Å²) < 4.78 is 11.8. The molecule has 4 unspecified atom stereocenters. The summed E-state index contributed by atoms with van der Waals surface area (Å²) in [4.78, 5) is 32.3. The minimum Gasteiger partial charge on any atom is -0.481 e. The second-order valence-corrected chi connectivity index (χ2v) is 9.95. The molecule has 1 aromatic heterocycles. The summed E-state index contributed by atoms with van der Waals surface area (Å²) in [5.74, 6) is -0.581. The summed E-state index contributed by atoms with van der Waals surface area (Å²) in [6.45, 7) is 10.6. The Morgan fingerprint density at radius 3 is 2.37 bits per heavy atom. The van der Waals surface area contributed by atoms with E-state index < -0.39 is 11.4 Å². The summed E-state index contributed by atoms with van der Waals surface area (Å²) in [5, 5.41) is 15.3. The second kappa shape index (κ2) is 8.47. The number of rotatable bonds is 7. The van der Waals surface area contributed by atoms with Crippen molar-refractivity contribution in [2.24, 2.45) is 5.41 Å². The number of carboxylic acids is 1. The van der Waals surface area contributed by atoms with Crippen LogP contribution in [0.3, 0.4) is 0 Å². The monoisotopic (exact) mass is 420 g/mol. The average Bonchev–Trinajstić information content (AvgIpc) is 3.16. The molecule has 3 N–H and O–H groups in total. The Bertz CT molecular complexity index is 792. The molecular formula is C21H32N4O5. The van der Waals surface area contributed by atoms with E-state index in [1.807, 2.05) is 6.07 Å². The first kappa shape index (κ1) is 22.4. The molecule has 2 saturated heterocycles. The van der Waals surface area contributed by atoms with Crippen LogP contribution in [0.5, 0.6) is 0 Å². The van der Waals surface area contributed by atoms with Gasteiger partial charge in [-0.1, -0.05) is 34.6 Å². The maximum absolute atomic E-state index is 12.4. The van der Waals surface area contributed by atoms with Crippen LogP contribution in [0.4, 0.5) is 5.95 Å². The third-order valence-electron chi connectivity index (χ3n) is 5.41. The van der Waals surface area contributed by atoms with Crippen LogP contribution in [0.15, 0.2) is 12.3 Å². The number of carbonyl (C=O) groups is 2. The van der Waals surface area contributed by atoms with E-state index in [0.717, 1.165) is 5.69 Å². The van der Waals surface area contributed by atoms with Crippen molar-refractivity contribution >= 4 is 17.8 Å². The van der Waals surface area contributed by atoms with E-state index >= 15 is 0 Å². The molecule has 0 aliphatic carbocycles. The first-order chi connectivity index (χ1) is 13.9. The van der Waals surface area contributed by atoms with Gasteiger partial charge in [0.15, 0.2) is 0 Å². The first-order valence-electron chi connectivity index (χ1n) is 10.3. The lowest BCUT2D eigenvalue weighted by Gasteiger charge is -2.24. The number of carboxylic acid groups (broad SMARTS) is 1. The Morgan fingerprint density at radius 2 is 1.73 bits per heavy atom. The Morgan fingerprint density at radius 1 is 1.10 bits per heavy atom. The van der Waals surface area contributed by atoms with Gasteiger partial charge < -0.3 is 25.2 Å². The molecule has 3 heterocycles. The molecule has 0 aromatic carbocycles. The fourth-order valence-electron chi connectivity index (χ4n) is 3.92. The Labute approximate surface area is 177 Å². The smallest absolute Gasteiger partial charge is 0.303 e. The van der Waals surface area contributed by atoms with Crippen LogP contribution in [0.1, 0.15) is 53.2 Å². The molecule has 30 heavy (non-hydrogen) atoms. The van der Waals surface area contributed by atoms with Crippen LogP contribution in [0.2, 0.25) is 0 Å². The number of anilines is 1. The molecule has 0 spiro atoms. The first-order valence-corrected chi connectivity index (χ1v) is 10.3. The van der Waals surface area contributed by atoms with E-state index in [0.29, 0.717) is 19.2 Å². The normalized spacial score (nSPS) is 26.3. The Balaban J connectivity index is 1.57. The van der Waals surface area contributed by atoms with E-state index in [2.05, 4.69) is 41.4 Å². The van der Waals surface area contributed by atoms with Gasteiger partial charge in [-0.2, -0.15) is 0 Å². The van der Waals surface area contributed by atoms with Crippen LogP contribution >= 0.6 is 0 Å². The highest BCUT2D eigenvalue weighted by Gasteiger charge is 2.48. The maximum atomic E-state index is 12.4. The van der Waals surface area contributed by atoms with E-state index in [1.54, 1.807) is 20.0 Å². The van der Waals surface area contributed by atoms with Gasteiger partial charge in [0.25, 0.3) is 0 Å². The van der Waals surface area contributed by atoms with Crippen molar-refractivity contribution in [2.75, 3.05) is 18.5 Å². The molecule has 3 rings (SSSR count). The highest BCUT2D eigenvalue weighted by atomic mass is 16.6. The number of nitrogens with zero attached hydrogens (tertiary/aromatic N) is 2. The number of ether oxygens (including phenoxy) is 2. The zero-order valence-corrected chi connectivity index (χ0v) is 18.3. The highest BCUT2D eigenvalue weighted by molar-refractivity contribution is 5.78. The summed E-state index contributed by atoms with van der Waals surface area (Å²) in [5.41, 5.74) is 0.240. The van der Waals surface area contributed by atoms with Crippen molar-refractivity contribution in [3.63, 3.8) is 0 Å². The van der Waals surface area contributed by atoms with Crippen molar-refractivity contribution < 1.29 is 24.2 Å². The van der Waals surface area contributed by atoms with Gasteiger partial charge in [-0.05, 0) is 11.5 Å². The molecule has 9 heteroatoms. The van der Waals surface area contributed by atoms with E-state index in [9.17, 15) is 9.59 Å². The summed E-state index contributed by atoms with van der Waals surface area (Å²) in [7, 11) is 0. The van der Waals surface area contributed by atoms with Crippen molar-refractivity contribution in [1.82, 2.24) is 15.3 Å². The SMILES string of the molecule is CC(C)(CC(=O)O)CC(=O)NC1COC2C(Nc3nccc(C(C)(C)C)n3)COC12. The highest BCUT2D eigenvalue weighted by Crippen LogP contribution is 2.30. The predicted molar refractivity (Wildman–Crippen MR) is 110 cm³/mol. The lowest BCUT2D eigenvalue weighted by Crippen LogP contribution is -2.45. The molecule has 0 saturated carbocycles. The zero-order valence-electron chi connectivity index (χ0n) is 18.3. The number of fused-ring (bicyclic) bond motifs is 1. The predicted octanol–water partition coefficient (Wildman–Crippen LogP) is 1.73. The van der Waals surface area contributed by atoms with Crippen LogP contribution in [-0.2, 0) is 24.5 Å². The minimum absolute atomic E-state index is 0.0657. The van der Waals surface area contributed by atoms with Gasteiger partial charge in [-0.15, -0.1) is 0 Å². The summed E-state index contributed by atoms with van der Waals surface area (Å²) in [6.07, 6.45) is 1.32. The van der Waals surface area contributed by atoms with Gasteiger partial charge >= 0.3 is 5.97 Å².